The van der Waals surface area contributed by atoms with Gasteiger partial charge in [-0.05, 0) is 92.3 Å². The second-order valence-corrected chi connectivity index (χ2v) is 18.9. The number of halogens is 3. The van der Waals surface area contributed by atoms with Crippen molar-refractivity contribution in [2.45, 2.75) is 44.3 Å². The topological polar surface area (TPSA) is 215 Å². The molecule has 18 nitrogen and oxygen atoms in total. The van der Waals surface area contributed by atoms with Gasteiger partial charge in [0.05, 0.1) is 34.0 Å². The molecule has 4 fully saturated rings. The number of piperidine rings is 2. The lowest BCUT2D eigenvalue weighted by atomic mass is 9.95. The Morgan fingerprint density at radius 3 is 2.34 bits per heavy atom. The molecular formula is C46H46F3N11O7S. The number of anilines is 3. The number of nitrogens with one attached hydrogen (secondary N) is 3. The van der Waals surface area contributed by atoms with Crippen molar-refractivity contribution in [3.8, 4) is 23.3 Å². The summed E-state index contributed by atoms with van der Waals surface area (Å²) in [6.45, 7) is 5.13. The largest absolute Gasteiger partial charge is 0.453 e. The number of nitrogens with zero attached hydrogens (tertiary/aromatic N) is 8. The molecule has 3 N–H and O–H groups in total. The molecule has 4 aliphatic heterocycles. The van der Waals surface area contributed by atoms with Crippen LogP contribution in [0.1, 0.15) is 48.0 Å². The summed E-state index contributed by atoms with van der Waals surface area (Å²) in [5.41, 5.74) is 0.176. The molecule has 3 aromatic carbocycles. The molecule has 354 valence electrons. The van der Waals surface area contributed by atoms with Crippen molar-refractivity contribution in [1.29, 1.82) is 5.26 Å². The first-order chi connectivity index (χ1) is 32.7. The molecule has 2 aromatic heterocycles. The average Bonchev–Trinajstić information content (AvgIpc) is 3.79. The van der Waals surface area contributed by atoms with Gasteiger partial charge in [-0.25, -0.2) is 23.1 Å². The zero-order chi connectivity index (χ0) is 47.7. The van der Waals surface area contributed by atoms with E-state index < -0.39 is 68.7 Å². The fraction of sp³-hybridized carbons (Fsp3) is 0.370. The highest BCUT2D eigenvalue weighted by molar-refractivity contribution is 7.90. The fourth-order valence-corrected chi connectivity index (χ4v) is 10.3. The first-order valence-corrected chi connectivity index (χ1v) is 23.6. The van der Waals surface area contributed by atoms with E-state index in [0.717, 1.165) is 86.6 Å². The van der Waals surface area contributed by atoms with Gasteiger partial charge in [0.25, 0.3) is 11.5 Å². The molecule has 3 amide bonds. The molecular weight excluding hydrogens is 908 g/mol. The number of piperazine rings is 1. The number of rotatable bonds is 12. The monoisotopic (exact) mass is 953 g/mol. The molecule has 4 saturated heterocycles. The van der Waals surface area contributed by atoms with Gasteiger partial charge in [-0.2, -0.15) is 18.0 Å². The van der Waals surface area contributed by atoms with Gasteiger partial charge in [-0.1, -0.05) is 0 Å². The first-order valence-electron chi connectivity index (χ1n) is 22.2. The van der Waals surface area contributed by atoms with Crippen molar-refractivity contribution >= 4 is 56.0 Å². The number of imide groups is 1. The van der Waals surface area contributed by atoms with Crippen molar-refractivity contribution in [3.63, 3.8) is 0 Å². The molecule has 0 spiro atoms. The number of carbonyl (C=O) groups is 3. The number of amides is 3. The third-order valence-electron chi connectivity index (χ3n) is 12.8. The van der Waals surface area contributed by atoms with Crippen molar-refractivity contribution in [2.75, 3.05) is 73.4 Å². The van der Waals surface area contributed by atoms with Crippen LogP contribution >= 0.6 is 0 Å². The van der Waals surface area contributed by atoms with E-state index in [1.807, 2.05) is 6.07 Å². The molecule has 6 heterocycles. The Bertz CT molecular complexity index is 2990. The molecule has 1 unspecified atom stereocenters. The summed E-state index contributed by atoms with van der Waals surface area (Å²) in [6, 6.07) is 15.2. The number of aromatic nitrogens is 3. The minimum absolute atomic E-state index is 0.0142. The highest BCUT2D eigenvalue weighted by Crippen LogP contribution is 2.35. The molecule has 0 bridgehead atoms. The van der Waals surface area contributed by atoms with Crippen LogP contribution in [0.5, 0.6) is 11.5 Å². The Balaban J connectivity index is 0.788. The minimum atomic E-state index is -4.25. The second-order valence-electron chi connectivity index (χ2n) is 17.2. The Morgan fingerprint density at radius 1 is 0.868 bits per heavy atom. The predicted molar refractivity (Wildman–Crippen MR) is 244 cm³/mol. The molecule has 22 heteroatoms. The zero-order valence-electron chi connectivity index (χ0n) is 36.5. The maximum Gasteiger partial charge on any atom is 0.301 e. The maximum atomic E-state index is 15.2. The molecule has 9 rings (SSSR count). The normalized spacial score (nSPS) is 19.7. The summed E-state index contributed by atoms with van der Waals surface area (Å²) in [6.07, 6.45) is 3.76. The number of hydrogen-bond acceptors (Lipinski definition) is 13. The minimum Gasteiger partial charge on any atom is -0.453 e. The SMILES string of the molecule is N#Cc1c(NS(=O)(=O)N2CC[C@@H](F)C2)ccc(F)c1Oc1ccc2ncn(-c3ccc(N4CCN(CC5CCN(c6ccc(F)c(C(=O)NC7CCC(=O)NC7=O)c6)CC5)CC4)nc3)c(=O)c2c1. The van der Waals surface area contributed by atoms with E-state index in [9.17, 15) is 41.6 Å². The van der Waals surface area contributed by atoms with E-state index in [-0.39, 0.29) is 54.7 Å². The van der Waals surface area contributed by atoms with Gasteiger partial charge in [0.15, 0.2) is 11.6 Å². The molecule has 0 saturated carbocycles. The van der Waals surface area contributed by atoms with Gasteiger partial charge < -0.3 is 19.9 Å². The molecule has 2 atom stereocenters. The summed E-state index contributed by atoms with van der Waals surface area (Å²) >= 11 is 0. The van der Waals surface area contributed by atoms with Crippen LogP contribution < -0.4 is 35.5 Å². The van der Waals surface area contributed by atoms with Crippen LogP contribution in [0.3, 0.4) is 0 Å². The number of alkyl halides is 1. The number of pyridine rings is 1. The van der Waals surface area contributed by atoms with E-state index in [1.54, 1.807) is 24.4 Å². The Labute approximate surface area is 388 Å². The number of hydrogen-bond donors (Lipinski definition) is 3. The van der Waals surface area contributed by atoms with Crippen LogP contribution in [0.25, 0.3) is 16.6 Å². The van der Waals surface area contributed by atoms with Gasteiger partial charge in [-0.3, -0.25) is 38.7 Å². The van der Waals surface area contributed by atoms with Crippen LogP contribution in [0.4, 0.5) is 30.4 Å². The smallest absolute Gasteiger partial charge is 0.301 e. The summed E-state index contributed by atoms with van der Waals surface area (Å²) in [5, 5.41) is 14.8. The van der Waals surface area contributed by atoms with Gasteiger partial charge >= 0.3 is 10.2 Å². The summed E-state index contributed by atoms with van der Waals surface area (Å²) in [4.78, 5) is 66.2. The molecule has 0 radical (unpaired) electrons. The van der Waals surface area contributed by atoms with E-state index in [2.05, 4.69) is 40.0 Å². The predicted octanol–water partition coefficient (Wildman–Crippen LogP) is 4.00. The standard InChI is InChI=1S/C46H46F3N11O7S/c47-29-13-16-59(26-29)68(65,66)55-39-7-5-37(49)43(35(39)23-50)67-32-3-6-38-34(22-32)46(64)60(27-52-38)31-2-9-41(51-24-31)58-19-17-56(18-20-58)25-28-11-14-57(15-12-28)30-1-4-36(48)33(21-30)44(62)53-40-8-10-42(61)54-45(40)63/h1-7,9,21-22,24,27-29,40,55H,8,10-20,25-26H2,(H,53,62)(H,54,61,63)/t29-,40?/m1/s1. The second kappa shape index (κ2) is 19.3. The Kier molecular flexibility index (Phi) is 13.0. The number of carbonyl (C=O) groups excluding carboxylic acids is 3. The van der Waals surface area contributed by atoms with Gasteiger partial charge in [0.1, 0.15) is 47.6 Å². The van der Waals surface area contributed by atoms with Crippen molar-refractivity contribution in [3.05, 3.63) is 106 Å². The number of fused-ring (bicyclic) bond motifs is 1. The van der Waals surface area contributed by atoms with Crippen LogP contribution in [0, 0.1) is 28.9 Å². The molecule has 5 aromatic rings. The van der Waals surface area contributed by atoms with Crippen molar-refractivity contribution in [1.82, 2.24) is 34.4 Å². The molecule has 68 heavy (non-hydrogen) atoms. The maximum absolute atomic E-state index is 15.2. The van der Waals surface area contributed by atoms with E-state index >= 15 is 4.39 Å². The van der Waals surface area contributed by atoms with E-state index in [4.69, 9.17) is 4.74 Å². The van der Waals surface area contributed by atoms with Crippen LogP contribution in [-0.4, -0.2) is 121 Å². The van der Waals surface area contributed by atoms with Gasteiger partial charge in [0, 0.05) is 71.0 Å². The number of ether oxygens (including phenoxy) is 1. The quantitative estimate of drug-likeness (QED) is 0.151. The van der Waals surface area contributed by atoms with Gasteiger partial charge in [0.2, 0.25) is 11.8 Å². The number of benzene rings is 3. The van der Waals surface area contributed by atoms with Crippen LogP contribution in [0.2, 0.25) is 0 Å². The number of nitriles is 1. The average molecular weight is 954 g/mol. The van der Waals surface area contributed by atoms with Crippen LogP contribution in [0.15, 0.2) is 78.0 Å². The molecule has 0 aliphatic carbocycles. The summed E-state index contributed by atoms with van der Waals surface area (Å²) in [5.74, 6) is -2.74. The zero-order valence-corrected chi connectivity index (χ0v) is 37.4. The lowest BCUT2D eigenvalue weighted by Gasteiger charge is -2.39. The van der Waals surface area contributed by atoms with Gasteiger partial charge in [-0.15, -0.1) is 0 Å². The molecule has 4 aliphatic rings. The lowest BCUT2D eigenvalue weighted by Crippen LogP contribution is -2.52. The first kappa shape index (κ1) is 46.0. The lowest BCUT2D eigenvalue weighted by molar-refractivity contribution is -0.134. The Hall–Kier alpha value is -7.09. The van der Waals surface area contributed by atoms with E-state index in [1.165, 1.54) is 41.2 Å². The third kappa shape index (κ3) is 9.81. The highest BCUT2D eigenvalue weighted by atomic mass is 32.2. The van der Waals surface area contributed by atoms with Crippen LogP contribution in [-0.2, 0) is 19.8 Å². The van der Waals surface area contributed by atoms with Crippen molar-refractivity contribution in [2.24, 2.45) is 5.92 Å². The van der Waals surface area contributed by atoms with E-state index in [0.29, 0.717) is 17.1 Å². The third-order valence-corrected chi connectivity index (χ3v) is 14.3. The highest BCUT2D eigenvalue weighted by Gasteiger charge is 2.33. The fourth-order valence-electron chi connectivity index (χ4n) is 8.99. The van der Waals surface area contributed by atoms with Crippen molar-refractivity contribution < 1.29 is 40.7 Å². The Morgan fingerprint density at radius 2 is 1.63 bits per heavy atom. The summed E-state index contributed by atoms with van der Waals surface area (Å²) in [7, 11) is -4.25. The summed E-state index contributed by atoms with van der Waals surface area (Å²) < 4.78 is 79.8.